The van der Waals surface area contributed by atoms with Crippen LogP contribution < -0.4 is 10.6 Å². The Morgan fingerprint density at radius 2 is 1.89 bits per heavy atom. The highest BCUT2D eigenvalue weighted by molar-refractivity contribution is 14.0. The van der Waals surface area contributed by atoms with Crippen molar-refractivity contribution in [3.63, 3.8) is 0 Å². The molecule has 2 N–H and O–H groups in total. The molecule has 19 heavy (non-hydrogen) atoms. The van der Waals surface area contributed by atoms with E-state index in [0.29, 0.717) is 6.04 Å². The number of likely N-dealkylation sites (N-methyl/N-ethyl adjacent to an activating group) is 1. The van der Waals surface area contributed by atoms with Crippen LogP contribution in [0.4, 0.5) is 0 Å². The Bertz CT molecular complexity index is 250. The van der Waals surface area contributed by atoms with E-state index in [4.69, 9.17) is 0 Å². The van der Waals surface area contributed by atoms with Crippen LogP contribution in [0.3, 0.4) is 0 Å². The SMILES string of the molecule is CCN(C)CCNC(=NC)NC1CCC(C)CC1.I. The van der Waals surface area contributed by atoms with Crippen molar-refractivity contribution in [3.8, 4) is 0 Å². The molecule has 0 amide bonds. The number of nitrogens with one attached hydrogen (secondary N) is 2. The minimum absolute atomic E-state index is 0. The number of guanidine groups is 1. The Morgan fingerprint density at radius 3 is 2.42 bits per heavy atom. The summed E-state index contributed by atoms with van der Waals surface area (Å²) in [7, 11) is 3.99. The fourth-order valence-corrected chi connectivity index (χ4v) is 2.32. The van der Waals surface area contributed by atoms with Gasteiger partial charge >= 0.3 is 0 Å². The average Bonchev–Trinajstić information content (AvgIpc) is 2.39. The summed E-state index contributed by atoms with van der Waals surface area (Å²) >= 11 is 0. The van der Waals surface area contributed by atoms with Crippen LogP contribution in [-0.2, 0) is 0 Å². The van der Waals surface area contributed by atoms with Crippen LogP contribution in [0.2, 0.25) is 0 Å². The number of hydrogen-bond acceptors (Lipinski definition) is 2. The molecule has 5 heteroatoms. The zero-order chi connectivity index (χ0) is 13.4. The molecule has 0 aromatic carbocycles. The first-order valence-electron chi connectivity index (χ1n) is 7.31. The first kappa shape index (κ1) is 19.0. The van der Waals surface area contributed by atoms with Crippen molar-refractivity contribution in [1.82, 2.24) is 15.5 Å². The molecule has 0 saturated heterocycles. The molecule has 114 valence electrons. The van der Waals surface area contributed by atoms with Gasteiger partial charge in [0.1, 0.15) is 0 Å². The van der Waals surface area contributed by atoms with Crippen LogP contribution in [0.5, 0.6) is 0 Å². The highest BCUT2D eigenvalue weighted by Crippen LogP contribution is 2.23. The lowest BCUT2D eigenvalue weighted by Gasteiger charge is -2.28. The molecule has 0 spiro atoms. The van der Waals surface area contributed by atoms with Gasteiger partial charge in [0, 0.05) is 26.2 Å². The smallest absolute Gasteiger partial charge is 0.191 e. The van der Waals surface area contributed by atoms with E-state index in [0.717, 1.165) is 31.5 Å². The topological polar surface area (TPSA) is 39.7 Å². The minimum Gasteiger partial charge on any atom is -0.355 e. The van der Waals surface area contributed by atoms with Gasteiger partial charge in [0.25, 0.3) is 0 Å². The van der Waals surface area contributed by atoms with Crippen LogP contribution in [0.15, 0.2) is 4.99 Å². The summed E-state index contributed by atoms with van der Waals surface area (Å²) < 4.78 is 0. The third-order valence-corrected chi connectivity index (χ3v) is 3.91. The lowest BCUT2D eigenvalue weighted by Crippen LogP contribution is -2.46. The summed E-state index contributed by atoms with van der Waals surface area (Å²) in [5.74, 6) is 1.86. The van der Waals surface area contributed by atoms with E-state index in [1.54, 1.807) is 0 Å². The van der Waals surface area contributed by atoms with Crippen LogP contribution in [0.25, 0.3) is 0 Å². The lowest BCUT2D eigenvalue weighted by molar-refractivity contribution is 0.327. The molecule has 0 aromatic rings. The Balaban J connectivity index is 0.00000324. The Morgan fingerprint density at radius 1 is 1.26 bits per heavy atom. The molecule has 0 unspecified atom stereocenters. The average molecular weight is 382 g/mol. The van der Waals surface area contributed by atoms with Gasteiger partial charge in [-0.05, 0) is 45.2 Å². The van der Waals surface area contributed by atoms with E-state index >= 15 is 0 Å². The number of hydrogen-bond donors (Lipinski definition) is 2. The number of rotatable bonds is 5. The molecular formula is C14H31IN4. The monoisotopic (exact) mass is 382 g/mol. The van der Waals surface area contributed by atoms with Crippen molar-refractivity contribution in [2.75, 3.05) is 33.7 Å². The Hall–Kier alpha value is -0.0400. The maximum Gasteiger partial charge on any atom is 0.191 e. The second-order valence-electron chi connectivity index (χ2n) is 5.50. The van der Waals surface area contributed by atoms with Crippen LogP contribution >= 0.6 is 24.0 Å². The van der Waals surface area contributed by atoms with Gasteiger partial charge in [-0.25, -0.2) is 0 Å². The summed E-state index contributed by atoms with van der Waals surface area (Å²) in [6.45, 7) is 7.63. The number of nitrogens with zero attached hydrogens (tertiary/aromatic N) is 2. The van der Waals surface area contributed by atoms with Gasteiger partial charge in [-0.1, -0.05) is 13.8 Å². The zero-order valence-electron chi connectivity index (χ0n) is 12.9. The molecule has 1 fully saturated rings. The molecule has 4 nitrogen and oxygen atoms in total. The number of halogens is 1. The predicted octanol–water partition coefficient (Wildman–Crippen LogP) is 2.30. The van der Waals surface area contributed by atoms with E-state index in [9.17, 15) is 0 Å². The highest BCUT2D eigenvalue weighted by Gasteiger charge is 2.18. The molecular weight excluding hydrogens is 351 g/mol. The Kier molecular flexibility index (Phi) is 10.7. The summed E-state index contributed by atoms with van der Waals surface area (Å²) in [5.41, 5.74) is 0. The first-order chi connectivity index (χ1) is 8.65. The molecule has 1 saturated carbocycles. The second kappa shape index (κ2) is 10.7. The van der Waals surface area contributed by atoms with Crippen molar-refractivity contribution in [1.29, 1.82) is 0 Å². The molecule has 0 aromatic heterocycles. The summed E-state index contributed by atoms with van der Waals surface area (Å²) in [6.07, 6.45) is 5.23. The van der Waals surface area contributed by atoms with Crippen molar-refractivity contribution in [2.24, 2.45) is 10.9 Å². The predicted molar refractivity (Wildman–Crippen MR) is 94.5 cm³/mol. The quantitative estimate of drug-likeness (QED) is 0.436. The van der Waals surface area contributed by atoms with E-state index < -0.39 is 0 Å². The van der Waals surface area contributed by atoms with Gasteiger partial charge < -0.3 is 15.5 Å². The standard InChI is InChI=1S/C14H30N4.HI/c1-5-18(4)11-10-16-14(15-3)17-13-8-6-12(2)7-9-13;/h12-13H,5-11H2,1-4H3,(H2,15,16,17);1H. The van der Waals surface area contributed by atoms with Gasteiger partial charge in [0.2, 0.25) is 0 Å². The van der Waals surface area contributed by atoms with E-state index in [2.05, 4.69) is 41.4 Å². The highest BCUT2D eigenvalue weighted by atomic mass is 127. The maximum absolute atomic E-state index is 4.30. The molecule has 1 aliphatic rings. The fourth-order valence-electron chi connectivity index (χ4n) is 2.32. The van der Waals surface area contributed by atoms with Gasteiger partial charge in [-0.2, -0.15) is 0 Å². The van der Waals surface area contributed by atoms with E-state index in [1.165, 1.54) is 25.7 Å². The van der Waals surface area contributed by atoms with Gasteiger partial charge in [-0.3, -0.25) is 4.99 Å². The largest absolute Gasteiger partial charge is 0.355 e. The summed E-state index contributed by atoms with van der Waals surface area (Å²) in [6, 6.07) is 0.608. The summed E-state index contributed by atoms with van der Waals surface area (Å²) in [4.78, 5) is 6.59. The van der Waals surface area contributed by atoms with Crippen molar-refractivity contribution in [3.05, 3.63) is 0 Å². The van der Waals surface area contributed by atoms with E-state index in [1.807, 2.05) is 7.05 Å². The molecule has 0 bridgehead atoms. The zero-order valence-corrected chi connectivity index (χ0v) is 15.2. The van der Waals surface area contributed by atoms with Gasteiger partial charge in [0.05, 0.1) is 0 Å². The van der Waals surface area contributed by atoms with Crippen molar-refractivity contribution in [2.45, 2.75) is 45.6 Å². The maximum atomic E-state index is 4.30. The minimum atomic E-state index is 0. The number of aliphatic imine (C=N–C) groups is 1. The van der Waals surface area contributed by atoms with Gasteiger partial charge in [0.15, 0.2) is 5.96 Å². The van der Waals surface area contributed by atoms with Crippen molar-refractivity contribution >= 4 is 29.9 Å². The first-order valence-corrected chi connectivity index (χ1v) is 7.31. The second-order valence-corrected chi connectivity index (χ2v) is 5.50. The van der Waals surface area contributed by atoms with Crippen molar-refractivity contribution < 1.29 is 0 Å². The third-order valence-electron chi connectivity index (χ3n) is 3.91. The van der Waals surface area contributed by atoms with Crippen LogP contribution in [-0.4, -0.2) is 50.6 Å². The molecule has 1 rings (SSSR count). The van der Waals surface area contributed by atoms with E-state index in [-0.39, 0.29) is 24.0 Å². The lowest BCUT2D eigenvalue weighted by atomic mass is 9.87. The van der Waals surface area contributed by atoms with Crippen LogP contribution in [0.1, 0.15) is 39.5 Å². The molecule has 0 radical (unpaired) electrons. The molecule has 0 heterocycles. The van der Waals surface area contributed by atoms with Crippen LogP contribution in [0, 0.1) is 5.92 Å². The normalized spacial score (nSPS) is 23.9. The molecule has 0 atom stereocenters. The summed E-state index contributed by atoms with van der Waals surface area (Å²) in [5, 5.41) is 6.93. The Labute approximate surface area is 135 Å². The molecule has 0 aliphatic heterocycles. The third kappa shape index (κ3) is 7.97. The van der Waals surface area contributed by atoms with Gasteiger partial charge in [-0.15, -0.1) is 24.0 Å². The molecule has 1 aliphatic carbocycles. The fraction of sp³-hybridized carbons (Fsp3) is 0.929.